The summed E-state index contributed by atoms with van der Waals surface area (Å²) in [6, 6.07) is 12.0. The predicted molar refractivity (Wildman–Crippen MR) is 91.3 cm³/mol. The molecule has 0 spiro atoms. The monoisotopic (exact) mass is 376 g/mol. The second kappa shape index (κ2) is 9.62. The van der Waals surface area contributed by atoms with E-state index in [0.717, 1.165) is 5.56 Å². The SMILES string of the molecule is N#Cc1cc(F)c(F)cc1C(O)C(O)CCNC(=O)OCc1ccccc1. The number of nitriles is 1. The van der Waals surface area contributed by atoms with Gasteiger partial charge in [-0.3, -0.25) is 0 Å². The third-order valence-electron chi connectivity index (χ3n) is 3.82. The Kier molecular flexibility index (Phi) is 7.23. The molecule has 0 fully saturated rings. The number of nitrogens with zero attached hydrogens (tertiary/aromatic N) is 1. The average Bonchev–Trinajstić information content (AvgIpc) is 2.68. The number of amides is 1. The van der Waals surface area contributed by atoms with Crippen LogP contribution in [0.4, 0.5) is 13.6 Å². The normalized spacial score (nSPS) is 12.7. The molecule has 2 rings (SSSR count). The standard InChI is InChI=1S/C19H18F2N2O4/c20-15-8-13(10-22)14(9-16(15)21)18(25)17(24)6-7-23-19(26)27-11-12-4-2-1-3-5-12/h1-5,8-9,17-18,24-25H,6-7,11H2,(H,23,26). The minimum atomic E-state index is -1.61. The quantitative estimate of drug-likeness (QED) is 0.689. The molecule has 2 aromatic rings. The Labute approximate surface area is 154 Å². The summed E-state index contributed by atoms with van der Waals surface area (Å²) in [5.41, 5.74) is 0.303. The summed E-state index contributed by atoms with van der Waals surface area (Å²) in [7, 11) is 0. The second-order valence-electron chi connectivity index (χ2n) is 5.75. The van der Waals surface area contributed by atoms with Crippen LogP contribution in [0.25, 0.3) is 0 Å². The molecule has 0 saturated carbocycles. The van der Waals surface area contributed by atoms with Gasteiger partial charge in [0.05, 0.1) is 17.7 Å². The molecule has 2 aromatic carbocycles. The Balaban J connectivity index is 1.83. The number of carbonyl (C=O) groups is 1. The van der Waals surface area contributed by atoms with Crippen LogP contribution in [0, 0.1) is 23.0 Å². The van der Waals surface area contributed by atoms with Crippen molar-refractivity contribution in [2.24, 2.45) is 0 Å². The van der Waals surface area contributed by atoms with Gasteiger partial charge in [0.15, 0.2) is 11.6 Å². The van der Waals surface area contributed by atoms with E-state index in [0.29, 0.717) is 12.1 Å². The Hall–Kier alpha value is -3.02. The van der Waals surface area contributed by atoms with Crippen molar-refractivity contribution in [3.63, 3.8) is 0 Å². The van der Waals surface area contributed by atoms with E-state index >= 15 is 0 Å². The summed E-state index contributed by atoms with van der Waals surface area (Å²) in [5.74, 6) is -2.46. The van der Waals surface area contributed by atoms with Gasteiger partial charge in [-0.2, -0.15) is 5.26 Å². The van der Waals surface area contributed by atoms with Crippen molar-refractivity contribution in [2.75, 3.05) is 6.54 Å². The maximum absolute atomic E-state index is 13.4. The van der Waals surface area contributed by atoms with Crippen molar-refractivity contribution in [3.05, 3.63) is 70.8 Å². The third kappa shape index (κ3) is 5.74. The number of carbonyl (C=O) groups excluding carboxylic acids is 1. The van der Waals surface area contributed by atoms with Gasteiger partial charge in [0, 0.05) is 12.1 Å². The molecule has 0 aliphatic heterocycles. The lowest BCUT2D eigenvalue weighted by Crippen LogP contribution is -2.30. The van der Waals surface area contributed by atoms with Crippen LogP contribution in [0.3, 0.4) is 0 Å². The third-order valence-corrected chi connectivity index (χ3v) is 3.82. The maximum Gasteiger partial charge on any atom is 0.407 e. The van der Waals surface area contributed by atoms with E-state index in [1.165, 1.54) is 0 Å². The number of aliphatic hydroxyl groups excluding tert-OH is 2. The molecule has 6 nitrogen and oxygen atoms in total. The first-order valence-electron chi connectivity index (χ1n) is 8.12. The van der Waals surface area contributed by atoms with E-state index < -0.39 is 29.9 Å². The van der Waals surface area contributed by atoms with E-state index in [4.69, 9.17) is 10.00 Å². The van der Waals surface area contributed by atoms with Crippen LogP contribution in [0.5, 0.6) is 0 Å². The van der Waals surface area contributed by atoms with Crippen LogP contribution in [0.1, 0.15) is 29.2 Å². The summed E-state index contributed by atoms with van der Waals surface area (Å²) in [4.78, 5) is 11.6. The number of hydrogen-bond acceptors (Lipinski definition) is 5. The van der Waals surface area contributed by atoms with Crippen LogP contribution >= 0.6 is 0 Å². The topological polar surface area (TPSA) is 103 Å². The molecule has 142 valence electrons. The molecule has 0 aliphatic rings. The molecule has 0 saturated heterocycles. The lowest BCUT2D eigenvalue weighted by Gasteiger charge is -2.19. The van der Waals surface area contributed by atoms with E-state index in [9.17, 15) is 23.8 Å². The van der Waals surface area contributed by atoms with Crippen LogP contribution in [-0.2, 0) is 11.3 Å². The Bertz CT molecular complexity index is 824. The fourth-order valence-corrected chi connectivity index (χ4v) is 2.37. The summed E-state index contributed by atoms with van der Waals surface area (Å²) >= 11 is 0. The van der Waals surface area contributed by atoms with Gasteiger partial charge in [0.25, 0.3) is 0 Å². The highest BCUT2D eigenvalue weighted by molar-refractivity contribution is 5.67. The van der Waals surface area contributed by atoms with Crippen molar-refractivity contribution in [1.29, 1.82) is 5.26 Å². The molecule has 8 heteroatoms. The average molecular weight is 376 g/mol. The summed E-state index contributed by atoms with van der Waals surface area (Å²) in [6.07, 6.45) is -3.81. The zero-order valence-corrected chi connectivity index (χ0v) is 14.2. The summed E-state index contributed by atoms with van der Waals surface area (Å²) in [6.45, 7) is 0.0512. The minimum absolute atomic E-state index is 0.0303. The van der Waals surface area contributed by atoms with Crippen LogP contribution < -0.4 is 5.32 Å². The Morgan fingerprint density at radius 1 is 1.19 bits per heavy atom. The van der Waals surface area contributed by atoms with Gasteiger partial charge >= 0.3 is 6.09 Å². The van der Waals surface area contributed by atoms with E-state index in [1.807, 2.05) is 18.2 Å². The Morgan fingerprint density at radius 2 is 1.85 bits per heavy atom. The maximum atomic E-state index is 13.4. The molecule has 0 radical (unpaired) electrons. The second-order valence-corrected chi connectivity index (χ2v) is 5.75. The highest BCUT2D eigenvalue weighted by atomic mass is 19.2. The molecule has 0 aliphatic carbocycles. The molecular weight excluding hydrogens is 358 g/mol. The van der Waals surface area contributed by atoms with Crippen LogP contribution in [0.15, 0.2) is 42.5 Å². The fourth-order valence-electron chi connectivity index (χ4n) is 2.37. The van der Waals surface area contributed by atoms with Crippen molar-refractivity contribution in [2.45, 2.75) is 25.2 Å². The van der Waals surface area contributed by atoms with Crippen molar-refractivity contribution in [3.8, 4) is 6.07 Å². The first-order valence-corrected chi connectivity index (χ1v) is 8.12. The number of nitrogens with one attached hydrogen (secondary N) is 1. The first-order chi connectivity index (χ1) is 12.9. The molecule has 0 bridgehead atoms. The highest BCUT2D eigenvalue weighted by Gasteiger charge is 2.23. The zero-order chi connectivity index (χ0) is 19.8. The largest absolute Gasteiger partial charge is 0.445 e. The first kappa shape index (κ1) is 20.3. The molecule has 2 atom stereocenters. The number of benzene rings is 2. The van der Waals surface area contributed by atoms with Gasteiger partial charge < -0.3 is 20.3 Å². The number of halogens is 2. The van der Waals surface area contributed by atoms with Gasteiger partial charge in [-0.05, 0) is 24.1 Å². The molecule has 0 heterocycles. The highest BCUT2D eigenvalue weighted by Crippen LogP contribution is 2.24. The number of aliphatic hydroxyl groups is 2. The molecule has 3 N–H and O–H groups in total. The van der Waals surface area contributed by atoms with Crippen molar-refractivity contribution in [1.82, 2.24) is 5.32 Å². The van der Waals surface area contributed by atoms with Gasteiger partial charge in [0.2, 0.25) is 0 Å². The van der Waals surface area contributed by atoms with E-state index in [2.05, 4.69) is 5.32 Å². The number of alkyl carbamates (subject to hydrolysis) is 1. The summed E-state index contributed by atoms with van der Waals surface area (Å²) < 4.78 is 31.5. The van der Waals surface area contributed by atoms with Gasteiger partial charge in [-0.25, -0.2) is 13.6 Å². The number of rotatable bonds is 7. The van der Waals surface area contributed by atoms with Gasteiger partial charge in [-0.1, -0.05) is 30.3 Å². The molecule has 27 heavy (non-hydrogen) atoms. The lowest BCUT2D eigenvalue weighted by atomic mass is 9.97. The smallest absolute Gasteiger partial charge is 0.407 e. The number of ether oxygens (including phenoxy) is 1. The Morgan fingerprint density at radius 3 is 2.52 bits per heavy atom. The van der Waals surface area contributed by atoms with Crippen LogP contribution in [-0.4, -0.2) is 29.0 Å². The molecular formula is C19H18F2N2O4. The van der Waals surface area contributed by atoms with Gasteiger partial charge in [-0.15, -0.1) is 0 Å². The summed E-state index contributed by atoms with van der Waals surface area (Å²) in [5, 5.41) is 31.5. The van der Waals surface area contributed by atoms with Crippen molar-refractivity contribution >= 4 is 6.09 Å². The molecule has 1 amide bonds. The molecule has 2 unspecified atom stereocenters. The van der Waals surface area contributed by atoms with Crippen LogP contribution in [0.2, 0.25) is 0 Å². The predicted octanol–water partition coefficient (Wildman–Crippen LogP) is 2.55. The van der Waals surface area contributed by atoms with E-state index in [-0.39, 0.29) is 30.7 Å². The minimum Gasteiger partial charge on any atom is -0.445 e. The number of hydrogen-bond donors (Lipinski definition) is 3. The fraction of sp³-hybridized carbons (Fsp3) is 0.263. The van der Waals surface area contributed by atoms with E-state index in [1.54, 1.807) is 18.2 Å². The molecule has 0 aromatic heterocycles. The zero-order valence-electron chi connectivity index (χ0n) is 14.2. The lowest BCUT2D eigenvalue weighted by molar-refractivity contribution is 0.0132. The van der Waals surface area contributed by atoms with Crippen molar-refractivity contribution < 1.29 is 28.5 Å². The van der Waals surface area contributed by atoms with Gasteiger partial charge in [0.1, 0.15) is 12.7 Å².